The average molecular weight is 318 g/mol. The first kappa shape index (κ1) is 14.2. The zero-order chi connectivity index (χ0) is 14.2. The molecule has 0 aromatic carbocycles. The third-order valence-electron chi connectivity index (χ3n) is 2.31. The molecule has 2 rings (SSSR count). The van der Waals surface area contributed by atoms with Crippen LogP contribution in [0.1, 0.15) is 17.0 Å². The van der Waals surface area contributed by atoms with Crippen molar-refractivity contribution >= 4 is 38.8 Å². The molecule has 0 aliphatic rings. The molecule has 0 amide bonds. The number of thiazole rings is 1. The second-order valence-corrected chi connectivity index (χ2v) is 7.58. The van der Waals surface area contributed by atoms with Crippen molar-refractivity contribution in [2.24, 2.45) is 0 Å². The highest BCUT2D eigenvalue weighted by atomic mass is 35.5. The zero-order valence-electron chi connectivity index (χ0n) is 10.6. The first-order valence-corrected chi connectivity index (χ1v) is 8.07. The predicted octanol–water partition coefficient (Wildman–Crippen LogP) is 2.92. The van der Waals surface area contributed by atoms with Crippen LogP contribution in [0, 0.1) is 20.8 Å². The summed E-state index contributed by atoms with van der Waals surface area (Å²) in [5.74, 6) is 0.293. The zero-order valence-corrected chi connectivity index (χ0v) is 12.9. The molecule has 2 aromatic rings. The molecule has 2 aromatic heterocycles. The highest BCUT2D eigenvalue weighted by molar-refractivity contribution is 7.94. The number of rotatable bonds is 3. The summed E-state index contributed by atoms with van der Waals surface area (Å²) in [5, 5.41) is 0. The topological polar surface area (TPSA) is 72.0 Å². The van der Waals surface area contributed by atoms with Gasteiger partial charge in [0.15, 0.2) is 8.68 Å². The summed E-state index contributed by atoms with van der Waals surface area (Å²) in [4.78, 5) is 8.04. The number of hydrogen-bond donors (Lipinski definition) is 1. The number of pyridine rings is 1. The Kier molecular flexibility index (Phi) is 3.80. The van der Waals surface area contributed by atoms with E-state index in [4.69, 9.17) is 11.6 Å². The average Bonchev–Trinajstić information content (AvgIpc) is 2.56. The summed E-state index contributed by atoms with van der Waals surface area (Å²) in [6.45, 7) is 5.28. The molecule has 0 unspecified atom stereocenters. The fourth-order valence-electron chi connectivity index (χ4n) is 1.68. The number of aryl methyl sites for hydroxylation is 3. The third kappa shape index (κ3) is 3.23. The van der Waals surface area contributed by atoms with Crippen molar-refractivity contribution in [2.45, 2.75) is 25.0 Å². The van der Waals surface area contributed by atoms with Gasteiger partial charge in [-0.1, -0.05) is 22.9 Å². The van der Waals surface area contributed by atoms with Crippen LogP contribution in [0.5, 0.6) is 0 Å². The van der Waals surface area contributed by atoms with Gasteiger partial charge in [-0.2, -0.15) is 0 Å². The third-order valence-corrected chi connectivity index (χ3v) is 5.53. The lowest BCUT2D eigenvalue weighted by atomic mass is 10.2. The number of anilines is 1. The maximum Gasteiger partial charge on any atom is 0.274 e. The van der Waals surface area contributed by atoms with Gasteiger partial charge in [-0.05, 0) is 38.5 Å². The molecule has 0 saturated carbocycles. The van der Waals surface area contributed by atoms with Gasteiger partial charge in [0.05, 0.1) is 5.69 Å². The number of aromatic nitrogens is 2. The molecule has 5 nitrogen and oxygen atoms in total. The van der Waals surface area contributed by atoms with Crippen molar-refractivity contribution < 1.29 is 8.42 Å². The number of halogens is 1. The van der Waals surface area contributed by atoms with Crippen molar-refractivity contribution in [1.29, 1.82) is 0 Å². The Morgan fingerprint density at radius 3 is 2.42 bits per heavy atom. The molecule has 0 spiro atoms. The molecule has 1 N–H and O–H groups in total. The van der Waals surface area contributed by atoms with Gasteiger partial charge in [0.1, 0.15) is 5.82 Å². The lowest BCUT2D eigenvalue weighted by Gasteiger charge is -2.07. The Balaban J connectivity index is 2.39. The van der Waals surface area contributed by atoms with Crippen LogP contribution in [0.2, 0.25) is 4.47 Å². The summed E-state index contributed by atoms with van der Waals surface area (Å²) in [7, 11) is -3.70. The molecule has 102 valence electrons. The molecule has 8 heteroatoms. The summed E-state index contributed by atoms with van der Waals surface area (Å²) >= 11 is 6.65. The van der Waals surface area contributed by atoms with Crippen LogP contribution >= 0.6 is 22.9 Å². The normalized spacial score (nSPS) is 11.6. The second-order valence-electron chi connectivity index (χ2n) is 4.12. The van der Waals surface area contributed by atoms with E-state index in [2.05, 4.69) is 14.7 Å². The molecule has 0 fully saturated rings. The molecule has 0 radical (unpaired) electrons. The number of nitrogens with one attached hydrogen (secondary N) is 1. The van der Waals surface area contributed by atoms with E-state index in [1.165, 1.54) is 0 Å². The molecular formula is C11H12ClN3O2S2. The van der Waals surface area contributed by atoms with Crippen LogP contribution in [-0.2, 0) is 10.0 Å². The quantitative estimate of drug-likeness (QED) is 0.944. The lowest BCUT2D eigenvalue weighted by Crippen LogP contribution is -2.14. The van der Waals surface area contributed by atoms with Crippen LogP contribution < -0.4 is 4.72 Å². The van der Waals surface area contributed by atoms with Gasteiger partial charge >= 0.3 is 0 Å². The molecule has 0 bridgehead atoms. The highest BCUT2D eigenvalue weighted by Gasteiger charge is 2.22. The van der Waals surface area contributed by atoms with Crippen molar-refractivity contribution in [1.82, 2.24) is 9.97 Å². The Morgan fingerprint density at radius 1 is 1.21 bits per heavy atom. The number of sulfonamides is 1. The standard InChI is InChI=1S/C11H12ClN3O2S2/c1-6-4-7(2)13-9(5-6)15-19(16,17)10-8(3)14-11(12)18-10/h4-5H,1-3H3,(H,13,15). The van der Waals surface area contributed by atoms with Crippen LogP contribution in [0.3, 0.4) is 0 Å². The van der Waals surface area contributed by atoms with Crippen LogP contribution in [0.25, 0.3) is 0 Å². The summed E-state index contributed by atoms with van der Waals surface area (Å²) < 4.78 is 27.2. The smallest absolute Gasteiger partial charge is 0.263 e. The van der Waals surface area contributed by atoms with E-state index >= 15 is 0 Å². The largest absolute Gasteiger partial charge is 0.274 e. The number of hydrogen-bond acceptors (Lipinski definition) is 5. The van der Waals surface area contributed by atoms with Gasteiger partial charge in [0, 0.05) is 5.69 Å². The fraction of sp³-hybridized carbons (Fsp3) is 0.273. The lowest BCUT2D eigenvalue weighted by molar-refractivity contribution is 0.602. The van der Waals surface area contributed by atoms with Gasteiger partial charge in [-0.15, -0.1) is 0 Å². The van der Waals surface area contributed by atoms with Gasteiger partial charge in [0.2, 0.25) is 0 Å². The van der Waals surface area contributed by atoms with E-state index in [0.29, 0.717) is 11.5 Å². The predicted molar refractivity (Wildman–Crippen MR) is 76.4 cm³/mol. The van der Waals surface area contributed by atoms with E-state index in [-0.39, 0.29) is 8.68 Å². The Labute approximate surface area is 120 Å². The van der Waals surface area contributed by atoms with E-state index in [9.17, 15) is 8.42 Å². The van der Waals surface area contributed by atoms with Crippen molar-refractivity contribution in [3.05, 3.63) is 33.6 Å². The Hall–Kier alpha value is -1.18. The highest BCUT2D eigenvalue weighted by Crippen LogP contribution is 2.28. The molecule has 0 saturated heterocycles. The first-order valence-electron chi connectivity index (χ1n) is 5.39. The van der Waals surface area contributed by atoms with Gasteiger partial charge < -0.3 is 0 Å². The SMILES string of the molecule is Cc1cc(C)nc(NS(=O)(=O)c2sc(Cl)nc2C)c1. The van der Waals surface area contributed by atoms with Gasteiger partial charge in [-0.25, -0.2) is 18.4 Å². The maximum absolute atomic E-state index is 12.2. The van der Waals surface area contributed by atoms with Gasteiger partial charge in [0.25, 0.3) is 10.0 Å². The Morgan fingerprint density at radius 2 is 1.89 bits per heavy atom. The van der Waals surface area contributed by atoms with E-state index < -0.39 is 10.0 Å². The van der Waals surface area contributed by atoms with E-state index in [1.54, 1.807) is 19.9 Å². The molecule has 0 aliphatic carbocycles. The monoisotopic (exact) mass is 317 g/mol. The number of nitrogens with zero attached hydrogens (tertiary/aromatic N) is 2. The van der Waals surface area contributed by atoms with Crippen LogP contribution in [0.4, 0.5) is 5.82 Å². The molecule has 2 heterocycles. The van der Waals surface area contributed by atoms with Crippen molar-refractivity contribution in [3.63, 3.8) is 0 Å². The molecule has 0 atom stereocenters. The van der Waals surface area contributed by atoms with E-state index in [1.807, 2.05) is 13.0 Å². The molecular weight excluding hydrogens is 306 g/mol. The van der Waals surface area contributed by atoms with Gasteiger partial charge in [-0.3, -0.25) is 4.72 Å². The molecule has 19 heavy (non-hydrogen) atoms. The van der Waals surface area contributed by atoms with Crippen molar-refractivity contribution in [3.8, 4) is 0 Å². The summed E-state index contributed by atoms with van der Waals surface area (Å²) in [5.41, 5.74) is 2.06. The van der Waals surface area contributed by atoms with E-state index in [0.717, 1.165) is 22.6 Å². The molecule has 0 aliphatic heterocycles. The van der Waals surface area contributed by atoms with Crippen molar-refractivity contribution in [2.75, 3.05) is 4.72 Å². The fourth-order valence-corrected chi connectivity index (χ4v) is 4.41. The second kappa shape index (κ2) is 5.07. The minimum absolute atomic E-state index is 0.110. The minimum atomic E-state index is -3.70. The minimum Gasteiger partial charge on any atom is -0.263 e. The van der Waals surface area contributed by atoms with Crippen LogP contribution in [-0.4, -0.2) is 18.4 Å². The maximum atomic E-state index is 12.2. The summed E-state index contributed by atoms with van der Waals surface area (Å²) in [6, 6.07) is 3.54. The van der Waals surface area contributed by atoms with Crippen LogP contribution in [0.15, 0.2) is 16.3 Å². The Bertz CT molecular complexity index is 705. The summed E-state index contributed by atoms with van der Waals surface area (Å²) in [6.07, 6.45) is 0. The first-order chi connectivity index (χ1) is 8.78.